The molecule has 0 unspecified atom stereocenters. The molecule has 0 radical (unpaired) electrons. The summed E-state index contributed by atoms with van der Waals surface area (Å²) in [4.78, 5) is 0. The quantitative estimate of drug-likeness (QED) is 0.857. The Morgan fingerprint density at radius 2 is 1.05 bits per heavy atom. The van der Waals surface area contributed by atoms with Crippen molar-refractivity contribution in [3.63, 3.8) is 0 Å². The van der Waals surface area contributed by atoms with Crippen LogP contribution in [0.1, 0.15) is 0 Å². The van der Waals surface area contributed by atoms with Crippen LogP contribution in [0.15, 0.2) is 60.7 Å². The first kappa shape index (κ1) is 13.0. The molecule has 2 atom stereocenters. The van der Waals surface area contributed by atoms with E-state index in [1.165, 1.54) is 0 Å². The molecule has 0 saturated carbocycles. The third kappa shape index (κ3) is 3.50. The molecule has 0 aromatic heterocycles. The minimum atomic E-state index is -0.395. The average molecular weight is 272 g/mol. The average Bonchev–Trinajstić information content (AvgIpc) is 2.51. The summed E-state index contributed by atoms with van der Waals surface area (Å²) < 4.78 is 22.5. The Labute approximate surface area is 117 Å². The van der Waals surface area contributed by atoms with E-state index in [0.717, 1.165) is 11.5 Å². The molecule has 20 heavy (non-hydrogen) atoms. The molecular formula is C16H16O4. The standard InChI is InChI=1S/C16H16O4/c1-3-7-13(8-4-1)19-15-11-18-16(12-17-15)20-14-9-5-2-6-10-14/h1-10,15-16H,11-12H2/t15-,16-/m1/s1. The largest absolute Gasteiger partial charge is 0.462 e. The number of rotatable bonds is 4. The van der Waals surface area contributed by atoms with E-state index in [2.05, 4.69) is 0 Å². The van der Waals surface area contributed by atoms with Gasteiger partial charge >= 0.3 is 0 Å². The molecule has 4 nitrogen and oxygen atoms in total. The lowest BCUT2D eigenvalue weighted by atomic mass is 10.3. The summed E-state index contributed by atoms with van der Waals surface area (Å²) in [5, 5.41) is 0. The summed E-state index contributed by atoms with van der Waals surface area (Å²) in [6.45, 7) is 0.679. The van der Waals surface area contributed by atoms with Gasteiger partial charge in [0, 0.05) is 0 Å². The van der Waals surface area contributed by atoms with Gasteiger partial charge in [-0.05, 0) is 24.3 Å². The molecule has 2 aromatic rings. The summed E-state index contributed by atoms with van der Waals surface area (Å²) in [6, 6.07) is 19.1. The maximum atomic E-state index is 5.65. The molecule has 0 aliphatic carbocycles. The van der Waals surface area contributed by atoms with Crippen LogP contribution >= 0.6 is 0 Å². The lowest BCUT2D eigenvalue weighted by Crippen LogP contribution is -2.41. The predicted molar refractivity (Wildman–Crippen MR) is 73.6 cm³/mol. The van der Waals surface area contributed by atoms with E-state index in [-0.39, 0.29) is 0 Å². The van der Waals surface area contributed by atoms with Crippen LogP contribution in [-0.2, 0) is 9.47 Å². The van der Waals surface area contributed by atoms with E-state index < -0.39 is 12.6 Å². The van der Waals surface area contributed by atoms with E-state index in [9.17, 15) is 0 Å². The highest BCUT2D eigenvalue weighted by molar-refractivity contribution is 5.21. The number of hydrogen-bond donors (Lipinski definition) is 0. The van der Waals surface area contributed by atoms with Crippen molar-refractivity contribution >= 4 is 0 Å². The zero-order valence-electron chi connectivity index (χ0n) is 11.0. The van der Waals surface area contributed by atoms with Crippen molar-refractivity contribution in [1.29, 1.82) is 0 Å². The minimum Gasteiger partial charge on any atom is -0.462 e. The van der Waals surface area contributed by atoms with Crippen LogP contribution in [0.5, 0.6) is 11.5 Å². The van der Waals surface area contributed by atoms with Crippen LogP contribution in [0.2, 0.25) is 0 Å². The van der Waals surface area contributed by atoms with Crippen molar-refractivity contribution in [3.8, 4) is 11.5 Å². The van der Waals surface area contributed by atoms with Crippen molar-refractivity contribution in [2.24, 2.45) is 0 Å². The van der Waals surface area contributed by atoms with Crippen LogP contribution in [-0.4, -0.2) is 25.8 Å². The maximum Gasteiger partial charge on any atom is 0.223 e. The molecule has 0 N–H and O–H groups in total. The lowest BCUT2D eigenvalue weighted by molar-refractivity contribution is -0.246. The third-order valence-electron chi connectivity index (χ3n) is 2.86. The zero-order chi connectivity index (χ0) is 13.6. The molecule has 1 aliphatic rings. The van der Waals surface area contributed by atoms with E-state index in [1.54, 1.807) is 0 Å². The van der Waals surface area contributed by atoms with E-state index in [0.29, 0.717) is 13.2 Å². The lowest BCUT2D eigenvalue weighted by Gasteiger charge is -2.29. The molecule has 104 valence electrons. The fraction of sp³-hybridized carbons (Fsp3) is 0.250. The topological polar surface area (TPSA) is 36.9 Å². The van der Waals surface area contributed by atoms with Gasteiger partial charge in [-0.25, -0.2) is 0 Å². The molecule has 0 bridgehead atoms. The van der Waals surface area contributed by atoms with Gasteiger partial charge in [-0.3, -0.25) is 0 Å². The zero-order valence-corrected chi connectivity index (χ0v) is 11.0. The van der Waals surface area contributed by atoms with E-state index >= 15 is 0 Å². The molecular weight excluding hydrogens is 256 g/mol. The number of benzene rings is 2. The summed E-state index contributed by atoms with van der Waals surface area (Å²) in [5.74, 6) is 1.53. The van der Waals surface area contributed by atoms with Gasteiger partial charge in [0.1, 0.15) is 24.7 Å². The highest BCUT2D eigenvalue weighted by atomic mass is 16.8. The third-order valence-corrected chi connectivity index (χ3v) is 2.86. The van der Waals surface area contributed by atoms with Crippen LogP contribution in [0.3, 0.4) is 0 Å². The van der Waals surface area contributed by atoms with Crippen molar-refractivity contribution in [1.82, 2.24) is 0 Å². The smallest absolute Gasteiger partial charge is 0.223 e. The molecule has 0 spiro atoms. The summed E-state index contributed by atoms with van der Waals surface area (Å²) in [6.07, 6.45) is -0.791. The van der Waals surface area contributed by atoms with Gasteiger partial charge in [-0.15, -0.1) is 0 Å². The summed E-state index contributed by atoms with van der Waals surface area (Å²) in [7, 11) is 0. The van der Waals surface area contributed by atoms with Crippen LogP contribution in [0.25, 0.3) is 0 Å². The molecule has 4 heteroatoms. The van der Waals surface area contributed by atoms with E-state index in [1.807, 2.05) is 60.7 Å². The second-order valence-corrected chi connectivity index (χ2v) is 4.39. The molecule has 1 heterocycles. The Morgan fingerprint density at radius 1 is 0.650 bits per heavy atom. The van der Waals surface area contributed by atoms with Gasteiger partial charge in [-0.1, -0.05) is 36.4 Å². The fourth-order valence-corrected chi connectivity index (χ4v) is 1.91. The Balaban J connectivity index is 1.47. The summed E-state index contributed by atoms with van der Waals surface area (Å²) in [5.41, 5.74) is 0. The molecule has 2 aromatic carbocycles. The number of hydrogen-bond acceptors (Lipinski definition) is 4. The Morgan fingerprint density at radius 3 is 1.40 bits per heavy atom. The molecule has 1 saturated heterocycles. The second kappa shape index (κ2) is 6.41. The Kier molecular flexibility index (Phi) is 4.16. The molecule has 0 amide bonds. The highest BCUT2D eigenvalue weighted by Gasteiger charge is 2.24. The van der Waals surface area contributed by atoms with Gasteiger partial charge in [0.2, 0.25) is 12.6 Å². The maximum absolute atomic E-state index is 5.65. The van der Waals surface area contributed by atoms with Crippen molar-refractivity contribution in [2.75, 3.05) is 13.2 Å². The minimum absolute atomic E-state index is 0.340. The van der Waals surface area contributed by atoms with E-state index in [4.69, 9.17) is 18.9 Å². The fourth-order valence-electron chi connectivity index (χ4n) is 1.91. The second-order valence-electron chi connectivity index (χ2n) is 4.39. The summed E-state index contributed by atoms with van der Waals surface area (Å²) >= 11 is 0. The van der Waals surface area contributed by atoms with Gasteiger partial charge in [0.05, 0.1) is 0 Å². The number of ether oxygens (including phenoxy) is 4. The molecule has 1 aliphatic heterocycles. The highest BCUT2D eigenvalue weighted by Crippen LogP contribution is 2.18. The monoisotopic (exact) mass is 272 g/mol. The Bertz CT molecular complexity index is 457. The molecule has 3 rings (SSSR count). The van der Waals surface area contributed by atoms with Gasteiger partial charge < -0.3 is 18.9 Å². The van der Waals surface area contributed by atoms with Gasteiger partial charge in [0.15, 0.2) is 0 Å². The van der Waals surface area contributed by atoms with Crippen molar-refractivity contribution in [3.05, 3.63) is 60.7 Å². The van der Waals surface area contributed by atoms with Crippen molar-refractivity contribution < 1.29 is 18.9 Å². The molecule has 1 fully saturated rings. The van der Waals surface area contributed by atoms with Crippen LogP contribution in [0, 0.1) is 0 Å². The van der Waals surface area contributed by atoms with Gasteiger partial charge in [0.25, 0.3) is 0 Å². The predicted octanol–water partition coefficient (Wildman–Crippen LogP) is 2.84. The van der Waals surface area contributed by atoms with Crippen LogP contribution < -0.4 is 9.47 Å². The Hall–Kier alpha value is -2.04. The first-order valence-corrected chi connectivity index (χ1v) is 6.57. The normalized spacial score (nSPS) is 22.2. The van der Waals surface area contributed by atoms with Crippen molar-refractivity contribution in [2.45, 2.75) is 12.6 Å². The number of para-hydroxylation sites is 2. The first-order chi connectivity index (χ1) is 9.90. The SMILES string of the molecule is c1ccc(O[C@@H]2CO[C@H](Oc3ccccc3)CO2)cc1. The van der Waals surface area contributed by atoms with Crippen LogP contribution in [0.4, 0.5) is 0 Å². The first-order valence-electron chi connectivity index (χ1n) is 6.57. The van der Waals surface area contributed by atoms with Gasteiger partial charge in [-0.2, -0.15) is 0 Å².